The molecule has 2 nitrogen and oxygen atoms in total. The Balaban J connectivity index is 1.98. The maximum Gasteiger partial charge on any atom is 0.182 e. The van der Waals surface area contributed by atoms with E-state index in [1.807, 2.05) is 11.8 Å². The molecule has 0 radical (unpaired) electrons. The first-order valence-corrected chi connectivity index (χ1v) is 8.47. The van der Waals surface area contributed by atoms with Crippen molar-refractivity contribution in [2.75, 3.05) is 24.6 Å². The van der Waals surface area contributed by atoms with Crippen molar-refractivity contribution < 1.29 is 13.5 Å². The zero-order valence-corrected chi connectivity index (χ0v) is 13.7. The molecule has 4 heteroatoms. The van der Waals surface area contributed by atoms with Crippen LogP contribution >= 0.6 is 0 Å². The number of nitrogens with zero attached hydrogens (tertiary/aromatic N) is 1. The highest BCUT2D eigenvalue weighted by Crippen LogP contribution is 2.26. The molecule has 0 amide bonds. The van der Waals surface area contributed by atoms with Gasteiger partial charge in [-0.3, -0.25) is 0 Å². The molecule has 1 aromatic rings. The molecule has 1 aromatic carbocycles. The summed E-state index contributed by atoms with van der Waals surface area (Å²) in [5.74, 6) is -1.38. The quantitative estimate of drug-likeness (QED) is 0.677. The van der Waals surface area contributed by atoms with Crippen molar-refractivity contribution in [1.82, 2.24) is 0 Å². The minimum atomic E-state index is -0.708. The summed E-state index contributed by atoms with van der Waals surface area (Å²) in [5.41, 5.74) is 0.862. The van der Waals surface area contributed by atoms with E-state index in [-0.39, 0.29) is 6.10 Å². The first kappa shape index (κ1) is 17.2. The second kappa shape index (κ2) is 8.47. The standard InChI is InChI=1S/C18H27F2NO/c1-3-4-5-6-7-8-15-9-10-16(18(20)17(15)19)21-11-12-22-14(2)13-21/h9-10,14H,3-8,11-13H2,1-2H3/t14-/m1/s1. The smallest absolute Gasteiger partial charge is 0.182 e. The van der Waals surface area contributed by atoms with E-state index in [1.54, 1.807) is 12.1 Å². The lowest BCUT2D eigenvalue weighted by atomic mass is 10.0. The number of hydrogen-bond donors (Lipinski definition) is 0. The second-order valence-corrected chi connectivity index (χ2v) is 6.16. The van der Waals surface area contributed by atoms with Crippen LogP contribution in [0.5, 0.6) is 0 Å². The number of morpholine rings is 1. The number of halogens is 2. The van der Waals surface area contributed by atoms with E-state index in [2.05, 4.69) is 6.92 Å². The monoisotopic (exact) mass is 311 g/mol. The van der Waals surface area contributed by atoms with Crippen LogP contribution in [0.4, 0.5) is 14.5 Å². The van der Waals surface area contributed by atoms with Crippen molar-refractivity contribution in [1.29, 1.82) is 0 Å². The summed E-state index contributed by atoms with van der Waals surface area (Å²) in [6.07, 6.45) is 6.24. The molecule has 0 aliphatic carbocycles. The van der Waals surface area contributed by atoms with Gasteiger partial charge in [0.15, 0.2) is 11.6 Å². The van der Waals surface area contributed by atoms with Crippen LogP contribution < -0.4 is 4.90 Å². The molecule has 0 bridgehead atoms. The topological polar surface area (TPSA) is 12.5 Å². The van der Waals surface area contributed by atoms with Gasteiger partial charge in [-0.15, -0.1) is 0 Å². The third kappa shape index (κ3) is 4.42. The Labute approximate surface area is 132 Å². The number of aryl methyl sites for hydroxylation is 1. The van der Waals surface area contributed by atoms with Crippen LogP contribution in [0.2, 0.25) is 0 Å². The molecule has 1 fully saturated rings. The molecule has 1 aliphatic rings. The third-order valence-corrected chi connectivity index (χ3v) is 4.27. The summed E-state index contributed by atoms with van der Waals surface area (Å²) in [6, 6.07) is 3.46. The maximum absolute atomic E-state index is 14.3. The van der Waals surface area contributed by atoms with E-state index in [4.69, 9.17) is 4.74 Å². The van der Waals surface area contributed by atoms with Crippen LogP contribution in [0.1, 0.15) is 51.5 Å². The molecular weight excluding hydrogens is 284 g/mol. The lowest BCUT2D eigenvalue weighted by Gasteiger charge is -2.33. The largest absolute Gasteiger partial charge is 0.375 e. The normalized spacial score (nSPS) is 18.7. The molecule has 0 spiro atoms. The van der Waals surface area contributed by atoms with Crippen LogP contribution in [-0.4, -0.2) is 25.8 Å². The summed E-state index contributed by atoms with van der Waals surface area (Å²) in [4.78, 5) is 1.87. The van der Waals surface area contributed by atoms with Gasteiger partial charge in [0.05, 0.1) is 18.4 Å². The van der Waals surface area contributed by atoms with Gasteiger partial charge < -0.3 is 9.64 Å². The Morgan fingerprint density at radius 1 is 1.14 bits per heavy atom. The Morgan fingerprint density at radius 2 is 1.91 bits per heavy atom. The number of benzene rings is 1. The van der Waals surface area contributed by atoms with Crippen molar-refractivity contribution in [3.63, 3.8) is 0 Å². The average molecular weight is 311 g/mol. The predicted octanol–water partition coefficient (Wildman–Crippen LogP) is 4.70. The van der Waals surface area contributed by atoms with E-state index in [1.165, 1.54) is 19.3 Å². The molecule has 2 rings (SSSR count). The van der Waals surface area contributed by atoms with Crippen LogP contribution in [0.15, 0.2) is 12.1 Å². The highest BCUT2D eigenvalue weighted by molar-refractivity contribution is 5.50. The molecule has 1 saturated heterocycles. The van der Waals surface area contributed by atoms with Gasteiger partial charge in [-0.25, -0.2) is 8.78 Å². The van der Waals surface area contributed by atoms with Crippen LogP contribution in [0.25, 0.3) is 0 Å². The summed E-state index contributed by atoms with van der Waals surface area (Å²) in [5, 5.41) is 0. The van der Waals surface area contributed by atoms with Gasteiger partial charge in [-0.1, -0.05) is 38.7 Å². The van der Waals surface area contributed by atoms with E-state index in [9.17, 15) is 8.78 Å². The molecule has 0 N–H and O–H groups in total. The van der Waals surface area contributed by atoms with Crippen LogP contribution in [0, 0.1) is 11.6 Å². The minimum absolute atomic E-state index is 0.0504. The van der Waals surface area contributed by atoms with Gasteiger partial charge in [-0.05, 0) is 31.4 Å². The molecule has 1 atom stereocenters. The van der Waals surface area contributed by atoms with Crippen molar-refractivity contribution in [2.45, 2.75) is 58.5 Å². The fourth-order valence-corrected chi connectivity index (χ4v) is 2.97. The second-order valence-electron chi connectivity index (χ2n) is 6.16. The summed E-state index contributed by atoms with van der Waals surface area (Å²) in [6.45, 7) is 5.89. The Bertz CT molecular complexity index is 478. The maximum atomic E-state index is 14.3. The van der Waals surface area contributed by atoms with E-state index < -0.39 is 11.6 Å². The summed E-state index contributed by atoms with van der Waals surface area (Å²) >= 11 is 0. The Kier molecular flexibility index (Phi) is 6.62. The third-order valence-electron chi connectivity index (χ3n) is 4.27. The van der Waals surface area contributed by atoms with Gasteiger partial charge in [0, 0.05) is 13.1 Å². The zero-order chi connectivity index (χ0) is 15.9. The summed E-state index contributed by atoms with van der Waals surface area (Å²) in [7, 11) is 0. The first-order chi connectivity index (χ1) is 10.6. The first-order valence-electron chi connectivity index (χ1n) is 8.47. The Morgan fingerprint density at radius 3 is 2.64 bits per heavy atom. The van der Waals surface area contributed by atoms with E-state index in [0.29, 0.717) is 37.4 Å². The lowest BCUT2D eigenvalue weighted by molar-refractivity contribution is 0.0529. The predicted molar refractivity (Wildman–Crippen MR) is 86.4 cm³/mol. The summed E-state index contributed by atoms with van der Waals surface area (Å²) < 4.78 is 34.1. The van der Waals surface area contributed by atoms with Gasteiger partial charge >= 0.3 is 0 Å². The van der Waals surface area contributed by atoms with Crippen molar-refractivity contribution in [2.24, 2.45) is 0 Å². The highest BCUT2D eigenvalue weighted by Gasteiger charge is 2.22. The number of hydrogen-bond acceptors (Lipinski definition) is 2. The average Bonchev–Trinajstić information content (AvgIpc) is 2.51. The minimum Gasteiger partial charge on any atom is -0.375 e. The zero-order valence-electron chi connectivity index (χ0n) is 13.7. The molecule has 0 saturated carbocycles. The Hall–Kier alpha value is -1.16. The van der Waals surface area contributed by atoms with Gasteiger partial charge in [-0.2, -0.15) is 0 Å². The number of ether oxygens (including phenoxy) is 1. The van der Waals surface area contributed by atoms with E-state index in [0.717, 1.165) is 12.8 Å². The van der Waals surface area contributed by atoms with Gasteiger partial charge in [0.25, 0.3) is 0 Å². The fourth-order valence-electron chi connectivity index (χ4n) is 2.97. The van der Waals surface area contributed by atoms with E-state index >= 15 is 0 Å². The van der Waals surface area contributed by atoms with Crippen LogP contribution in [-0.2, 0) is 11.2 Å². The molecule has 22 heavy (non-hydrogen) atoms. The molecule has 0 aromatic heterocycles. The highest BCUT2D eigenvalue weighted by atomic mass is 19.2. The molecule has 1 heterocycles. The molecular formula is C18H27F2NO. The van der Waals surface area contributed by atoms with Crippen LogP contribution in [0.3, 0.4) is 0 Å². The van der Waals surface area contributed by atoms with Crippen molar-refractivity contribution in [3.8, 4) is 0 Å². The fraction of sp³-hybridized carbons (Fsp3) is 0.667. The van der Waals surface area contributed by atoms with Crippen molar-refractivity contribution >= 4 is 5.69 Å². The van der Waals surface area contributed by atoms with Crippen molar-refractivity contribution in [3.05, 3.63) is 29.3 Å². The molecule has 124 valence electrons. The van der Waals surface area contributed by atoms with Gasteiger partial charge in [0.1, 0.15) is 0 Å². The lowest BCUT2D eigenvalue weighted by Crippen LogP contribution is -2.41. The number of unbranched alkanes of at least 4 members (excludes halogenated alkanes) is 4. The molecule has 0 unspecified atom stereocenters. The number of anilines is 1. The van der Waals surface area contributed by atoms with Gasteiger partial charge in [0.2, 0.25) is 0 Å². The molecule has 1 aliphatic heterocycles. The SMILES string of the molecule is CCCCCCCc1ccc(N2CCO[C@H](C)C2)c(F)c1F. The number of rotatable bonds is 7.